The molecule has 0 spiro atoms. The maximum Gasteiger partial charge on any atom is 0.240 e. The number of piperidine rings is 1. The Kier molecular flexibility index (Phi) is 5.38. The smallest absolute Gasteiger partial charge is 0.240 e. The first kappa shape index (κ1) is 17.5. The third-order valence-corrected chi connectivity index (χ3v) is 4.54. The van der Waals surface area contributed by atoms with Gasteiger partial charge in [-0.1, -0.05) is 12.1 Å². The summed E-state index contributed by atoms with van der Waals surface area (Å²) in [7, 11) is 0. The molecular weight excluding hydrogens is 324 g/mol. The van der Waals surface area contributed by atoms with Crippen LogP contribution in [-0.4, -0.2) is 28.4 Å². The quantitative estimate of drug-likeness (QED) is 0.905. The predicted octanol–water partition coefficient (Wildman–Crippen LogP) is 3.20. The first-order chi connectivity index (χ1) is 12.0. The molecule has 0 unspecified atom stereocenters. The molecule has 6 heteroatoms. The molecule has 3 rings (SSSR count). The molecule has 2 atom stereocenters. The number of halogens is 2. The van der Waals surface area contributed by atoms with Crippen LogP contribution in [0.25, 0.3) is 0 Å². The SMILES string of the molecule is C[C@H](N[C@H]1CCCN(Cc2ccc(F)cc2F)C1=O)c1cccnc1. The molecule has 0 bridgehead atoms. The number of benzene rings is 1. The van der Waals surface area contributed by atoms with Gasteiger partial charge >= 0.3 is 0 Å². The van der Waals surface area contributed by atoms with Crippen LogP contribution in [0.5, 0.6) is 0 Å². The van der Waals surface area contributed by atoms with Crippen molar-refractivity contribution < 1.29 is 13.6 Å². The standard InChI is InChI=1S/C19H21F2N3O/c1-13(14-4-2-8-22-11-14)23-18-5-3-9-24(19(18)25)12-15-6-7-16(20)10-17(15)21/h2,4,6-8,10-11,13,18,23H,3,5,9,12H2,1H3/t13-,18-/m0/s1. The van der Waals surface area contributed by atoms with Crippen molar-refractivity contribution in [2.75, 3.05) is 6.54 Å². The first-order valence-corrected chi connectivity index (χ1v) is 8.43. The molecule has 2 aromatic rings. The zero-order chi connectivity index (χ0) is 17.8. The van der Waals surface area contributed by atoms with Gasteiger partial charge in [-0.25, -0.2) is 8.78 Å². The first-order valence-electron chi connectivity index (χ1n) is 8.43. The highest BCUT2D eigenvalue weighted by molar-refractivity contribution is 5.82. The molecule has 4 nitrogen and oxygen atoms in total. The number of amides is 1. The summed E-state index contributed by atoms with van der Waals surface area (Å²) >= 11 is 0. The van der Waals surface area contributed by atoms with E-state index >= 15 is 0 Å². The van der Waals surface area contributed by atoms with E-state index in [1.165, 1.54) is 12.1 Å². The Labute approximate surface area is 145 Å². The van der Waals surface area contributed by atoms with Crippen LogP contribution in [0, 0.1) is 11.6 Å². The summed E-state index contributed by atoms with van der Waals surface area (Å²) in [5, 5.41) is 3.34. The largest absolute Gasteiger partial charge is 0.337 e. The summed E-state index contributed by atoms with van der Waals surface area (Å²) < 4.78 is 26.9. The van der Waals surface area contributed by atoms with Crippen LogP contribution in [0.15, 0.2) is 42.7 Å². The highest BCUT2D eigenvalue weighted by Gasteiger charge is 2.30. The van der Waals surface area contributed by atoms with Gasteiger partial charge < -0.3 is 4.90 Å². The highest BCUT2D eigenvalue weighted by Crippen LogP contribution is 2.20. The minimum absolute atomic E-state index is 0.00911. The number of rotatable bonds is 5. The molecule has 25 heavy (non-hydrogen) atoms. The zero-order valence-corrected chi connectivity index (χ0v) is 14.1. The third kappa shape index (κ3) is 4.20. The lowest BCUT2D eigenvalue weighted by Crippen LogP contribution is -2.50. The van der Waals surface area contributed by atoms with Gasteiger partial charge in [-0.2, -0.15) is 0 Å². The van der Waals surface area contributed by atoms with Crippen LogP contribution in [-0.2, 0) is 11.3 Å². The van der Waals surface area contributed by atoms with Crippen molar-refractivity contribution in [3.63, 3.8) is 0 Å². The van der Waals surface area contributed by atoms with Crippen LogP contribution in [0.3, 0.4) is 0 Å². The van der Waals surface area contributed by atoms with Gasteiger partial charge in [0, 0.05) is 43.2 Å². The summed E-state index contributed by atoms with van der Waals surface area (Å²) in [5.74, 6) is -1.28. The van der Waals surface area contributed by atoms with Gasteiger partial charge in [-0.05, 0) is 37.5 Å². The van der Waals surface area contributed by atoms with Crippen LogP contribution >= 0.6 is 0 Å². The molecule has 1 saturated heterocycles. The van der Waals surface area contributed by atoms with Gasteiger partial charge in [0.05, 0.1) is 6.04 Å². The van der Waals surface area contributed by atoms with E-state index in [2.05, 4.69) is 10.3 Å². The van der Waals surface area contributed by atoms with Gasteiger partial charge in [0.2, 0.25) is 5.91 Å². The molecule has 1 fully saturated rings. The second kappa shape index (κ2) is 7.70. The fourth-order valence-corrected chi connectivity index (χ4v) is 3.14. The topological polar surface area (TPSA) is 45.2 Å². The molecule has 0 saturated carbocycles. The van der Waals surface area contributed by atoms with Crippen molar-refractivity contribution in [3.8, 4) is 0 Å². The molecule has 1 aromatic carbocycles. The Bertz CT molecular complexity index is 739. The van der Waals surface area contributed by atoms with Gasteiger partial charge in [-0.3, -0.25) is 15.1 Å². The van der Waals surface area contributed by atoms with E-state index in [1.54, 1.807) is 17.3 Å². The summed E-state index contributed by atoms with van der Waals surface area (Å²) in [6.07, 6.45) is 5.06. The van der Waals surface area contributed by atoms with Gasteiger partial charge in [-0.15, -0.1) is 0 Å². The Morgan fingerprint density at radius 2 is 2.20 bits per heavy atom. The normalized spacial score (nSPS) is 19.1. The van der Waals surface area contributed by atoms with Gasteiger partial charge in [0.1, 0.15) is 11.6 Å². The average Bonchev–Trinajstić information content (AvgIpc) is 2.61. The number of hydrogen-bond acceptors (Lipinski definition) is 3. The molecule has 1 amide bonds. The predicted molar refractivity (Wildman–Crippen MR) is 90.6 cm³/mol. The number of likely N-dealkylation sites (tertiary alicyclic amines) is 1. The number of nitrogens with one attached hydrogen (secondary N) is 1. The van der Waals surface area contributed by atoms with Gasteiger partial charge in [0.25, 0.3) is 0 Å². The molecule has 0 aliphatic carbocycles. The Morgan fingerprint density at radius 1 is 1.36 bits per heavy atom. The Hall–Kier alpha value is -2.34. The summed E-state index contributed by atoms with van der Waals surface area (Å²) in [6, 6.07) is 6.96. The van der Waals surface area contributed by atoms with E-state index in [0.29, 0.717) is 12.1 Å². The van der Waals surface area contributed by atoms with E-state index in [9.17, 15) is 13.6 Å². The van der Waals surface area contributed by atoms with E-state index in [-0.39, 0.29) is 24.5 Å². The maximum absolute atomic E-state index is 13.9. The van der Waals surface area contributed by atoms with Crippen molar-refractivity contribution in [3.05, 3.63) is 65.5 Å². The van der Waals surface area contributed by atoms with Crippen LogP contribution in [0.2, 0.25) is 0 Å². The van der Waals surface area contributed by atoms with Crippen molar-refractivity contribution in [1.29, 1.82) is 0 Å². The molecule has 2 heterocycles. The number of nitrogens with zero attached hydrogens (tertiary/aromatic N) is 2. The maximum atomic E-state index is 13.9. The lowest BCUT2D eigenvalue weighted by atomic mass is 10.0. The monoisotopic (exact) mass is 345 g/mol. The van der Waals surface area contributed by atoms with E-state index in [1.807, 2.05) is 19.1 Å². The summed E-state index contributed by atoms with van der Waals surface area (Å²) in [5.41, 5.74) is 1.34. The molecule has 1 aromatic heterocycles. The van der Waals surface area contributed by atoms with Crippen LogP contribution < -0.4 is 5.32 Å². The van der Waals surface area contributed by atoms with Crippen molar-refractivity contribution >= 4 is 5.91 Å². The molecule has 132 valence electrons. The Morgan fingerprint density at radius 3 is 2.92 bits per heavy atom. The van der Waals surface area contributed by atoms with Crippen molar-refractivity contribution in [1.82, 2.24) is 15.2 Å². The van der Waals surface area contributed by atoms with Gasteiger partial charge in [0.15, 0.2) is 0 Å². The number of carbonyl (C=O) groups is 1. The molecule has 0 radical (unpaired) electrons. The second-order valence-corrected chi connectivity index (χ2v) is 6.37. The van der Waals surface area contributed by atoms with E-state index < -0.39 is 11.6 Å². The van der Waals surface area contributed by atoms with Crippen molar-refractivity contribution in [2.45, 2.75) is 38.4 Å². The fourth-order valence-electron chi connectivity index (χ4n) is 3.14. The second-order valence-electron chi connectivity index (χ2n) is 6.37. The van der Waals surface area contributed by atoms with Crippen LogP contribution in [0.1, 0.15) is 36.9 Å². The molecule has 1 aliphatic heterocycles. The average molecular weight is 345 g/mol. The minimum Gasteiger partial charge on any atom is -0.337 e. The molecule has 1 N–H and O–H groups in total. The third-order valence-electron chi connectivity index (χ3n) is 4.54. The number of aromatic nitrogens is 1. The van der Waals surface area contributed by atoms with E-state index in [4.69, 9.17) is 0 Å². The lowest BCUT2D eigenvalue weighted by Gasteiger charge is -2.34. The number of carbonyl (C=O) groups excluding carboxylic acids is 1. The number of hydrogen-bond donors (Lipinski definition) is 1. The highest BCUT2D eigenvalue weighted by atomic mass is 19.1. The fraction of sp³-hybridized carbons (Fsp3) is 0.368. The summed E-state index contributed by atoms with van der Waals surface area (Å²) in [4.78, 5) is 18.5. The minimum atomic E-state index is -0.619. The number of pyridine rings is 1. The molecular formula is C19H21F2N3O. The zero-order valence-electron chi connectivity index (χ0n) is 14.1. The summed E-state index contributed by atoms with van der Waals surface area (Å²) in [6.45, 7) is 2.72. The van der Waals surface area contributed by atoms with E-state index in [0.717, 1.165) is 24.5 Å². The van der Waals surface area contributed by atoms with Crippen molar-refractivity contribution in [2.24, 2.45) is 0 Å². The lowest BCUT2D eigenvalue weighted by molar-refractivity contribution is -0.136. The Balaban J connectivity index is 1.66. The van der Waals surface area contributed by atoms with Crippen LogP contribution in [0.4, 0.5) is 8.78 Å². The molecule has 1 aliphatic rings.